The standard InChI is InChI=1S/C21H27N5O3/c27-19(22-15-4-1-2-5-15)18-24-23-17-7-8-21(14-26(17)18)9-11-25(12-10-21)20(28)16-6-3-13-29-16/h3,6,13,15H,1-2,4-5,7-12,14H2,(H,22,27). The molecule has 2 aromatic rings. The molecule has 0 aromatic carbocycles. The Balaban J connectivity index is 1.27. The van der Waals surface area contributed by atoms with Gasteiger partial charge < -0.3 is 19.2 Å². The van der Waals surface area contributed by atoms with Crippen LogP contribution in [0.25, 0.3) is 0 Å². The first-order chi connectivity index (χ1) is 14.1. The second-order valence-electron chi connectivity index (χ2n) is 8.75. The summed E-state index contributed by atoms with van der Waals surface area (Å²) in [6.45, 7) is 2.17. The van der Waals surface area contributed by atoms with Crippen molar-refractivity contribution in [1.29, 1.82) is 0 Å². The van der Waals surface area contributed by atoms with Crippen LogP contribution in [0.2, 0.25) is 0 Å². The predicted octanol–water partition coefficient (Wildman–Crippen LogP) is 2.41. The van der Waals surface area contributed by atoms with Crippen molar-refractivity contribution >= 4 is 11.8 Å². The van der Waals surface area contributed by atoms with Gasteiger partial charge in [-0.3, -0.25) is 9.59 Å². The Morgan fingerprint density at radius 3 is 2.66 bits per heavy atom. The number of carbonyl (C=O) groups excluding carboxylic acids is 2. The maximum absolute atomic E-state index is 12.8. The zero-order valence-electron chi connectivity index (χ0n) is 16.6. The zero-order chi connectivity index (χ0) is 19.8. The number of nitrogens with zero attached hydrogens (tertiary/aromatic N) is 4. The smallest absolute Gasteiger partial charge is 0.289 e. The molecule has 2 aromatic heterocycles. The van der Waals surface area contributed by atoms with Crippen molar-refractivity contribution in [3.63, 3.8) is 0 Å². The Hall–Kier alpha value is -2.64. The maximum Gasteiger partial charge on any atom is 0.289 e. The van der Waals surface area contributed by atoms with Crippen molar-refractivity contribution in [2.45, 2.75) is 64.0 Å². The van der Waals surface area contributed by atoms with Gasteiger partial charge in [0.15, 0.2) is 5.76 Å². The van der Waals surface area contributed by atoms with E-state index in [9.17, 15) is 9.59 Å². The minimum Gasteiger partial charge on any atom is -0.459 e. The highest BCUT2D eigenvalue weighted by molar-refractivity contribution is 5.91. The van der Waals surface area contributed by atoms with Gasteiger partial charge >= 0.3 is 0 Å². The van der Waals surface area contributed by atoms with Crippen molar-refractivity contribution in [3.8, 4) is 0 Å². The second kappa shape index (κ2) is 7.31. The van der Waals surface area contributed by atoms with Crippen LogP contribution in [0, 0.1) is 5.41 Å². The highest BCUT2D eigenvalue weighted by Crippen LogP contribution is 2.41. The van der Waals surface area contributed by atoms with Crippen LogP contribution in [0.1, 0.15) is 71.9 Å². The van der Waals surface area contributed by atoms with E-state index in [1.165, 1.54) is 19.1 Å². The molecule has 1 aliphatic carbocycles. The molecule has 5 rings (SSSR count). The quantitative estimate of drug-likeness (QED) is 0.858. The Bertz CT molecular complexity index is 890. The zero-order valence-corrected chi connectivity index (χ0v) is 16.6. The van der Waals surface area contributed by atoms with Crippen molar-refractivity contribution in [1.82, 2.24) is 25.0 Å². The lowest BCUT2D eigenvalue weighted by Gasteiger charge is -2.44. The molecule has 29 heavy (non-hydrogen) atoms. The lowest BCUT2D eigenvalue weighted by molar-refractivity contribution is 0.0440. The predicted molar refractivity (Wildman–Crippen MR) is 104 cm³/mol. The van der Waals surface area contributed by atoms with Gasteiger partial charge in [-0.15, -0.1) is 10.2 Å². The number of hydrogen-bond acceptors (Lipinski definition) is 5. The van der Waals surface area contributed by atoms with Gasteiger partial charge in [-0.1, -0.05) is 12.8 Å². The number of aromatic nitrogens is 3. The van der Waals surface area contributed by atoms with Gasteiger partial charge in [0.2, 0.25) is 5.82 Å². The molecule has 1 saturated heterocycles. The van der Waals surface area contributed by atoms with Gasteiger partial charge in [0.1, 0.15) is 5.82 Å². The Morgan fingerprint density at radius 1 is 1.14 bits per heavy atom. The van der Waals surface area contributed by atoms with E-state index in [0.717, 1.165) is 50.9 Å². The summed E-state index contributed by atoms with van der Waals surface area (Å²) in [5.41, 5.74) is 0.0950. The largest absolute Gasteiger partial charge is 0.459 e. The molecule has 0 atom stereocenters. The minimum atomic E-state index is -0.0990. The van der Waals surface area contributed by atoms with E-state index < -0.39 is 0 Å². The topological polar surface area (TPSA) is 93.3 Å². The molecule has 3 aliphatic rings. The van der Waals surface area contributed by atoms with Gasteiger partial charge in [0, 0.05) is 32.1 Å². The van der Waals surface area contributed by atoms with Gasteiger partial charge in [0.25, 0.3) is 11.8 Å². The molecule has 0 unspecified atom stereocenters. The molecular weight excluding hydrogens is 370 g/mol. The molecule has 2 amide bonds. The molecule has 1 saturated carbocycles. The first kappa shape index (κ1) is 18.4. The summed E-state index contributed by atoms with van der Waals surface area (Å²) in [7, 11) is 0. The van der Waals surface area contributed by atoms with E-state index in [-0.39, 0.29) is 23.3 Å². The number of rotatable bonds is 3. The van der Waals surface area contributed by atoms with Crippen LogP contribution in [-0.2, 0) is 13.0 Å². The van der Waals surface area contributed by atoms with Crippen LogP contribution in [0.3, 0.4) is 0 Å². The van der Waals surface area contributed by atoms with Crippen LogP contribution in [-0.4, -0.2) is 50.6 Å². The van der Waals surface area contributed by atoms with Crippen LogP contribution in [0.5, 0.6) is 0 Å². The summed E-state index contributed by atoms with van der Waals surface area (Å²) in [6, 6.07) is 3.72. The minimum absolute atomic E-state index is 0.0396. The molecule has 0 radical (unpaired) electrons. The van der Waals surface area contributed by atoms with E-state index in [2.05, 4.69) is 15.5 Å². The molecule has 8 heteroatoms. The normalized spacial score (nSPS) is 21.3. The van der Waals surface area contributed by atoms with E-state index >= 15 is 0 Å². The summed E-state index contributed by atoms with van der Waals surface area (Å²) in [6.07, 6.45) is 9.69. The third-order valence-electron chi connectivity index (χ3n) is 6.94. The third-order valence-corrected chi connectivity index (χ3v) is 6.94. The van der Waals surface area contributed by atoms with Crippen LogP contribution in [0.15, 0.2) is 22.8 Å². The fraction of sp³-hybridized carbons (Fsp3) is 0.619. The monoisotopic (exact) mass is 397 g/mol. The van der Waals surface area contributed by atoms with E-state index in [1.54, 1.807) is 12.1 Å². The summed E-state index contributed by atoms with van der Waals surface area (Å²) >= 11 is 0. The summed E-state index contributed by atoms with van der Waals surface area (Å²) in [5, 5.41) is 11.6. The Kier molecular flexibility index (Phi) is 4.64. The molecule has 4 heterocycles. The van der Waals surface area contributed by atoms with E-state index in [4.69, 9.17) is 4.42 Å². The number of piperidine rings is 1. The van der Waals surface area contributed by atoms with Crippen molar-refractivity contribution in [2.75, 3.05) is 13.1 Å². The number of fused-ring (bicyclic) bond motifs is 1. The highest BCUT2D eigenvalue weighted by atomic mass is 16.3. The van der Waals surface area contributed by atoms with E-state index in [1.807, 2.05) is 9.47 Å². The molecule has 2 aliphatic heterocycles. The molecule has 1 N–H and O–H groups in total. The SMILES string of the molecule is O=C(NC1CCCC1)c1nnc2n1CC1(CC2)CCN(C(=O)c2ccco2)CC1. The summed E-state index contributed by atoms with van der Waals surface area (Å²) in [5.74, 6) is 1.61. The number of nitrogens with one attached hydrogen (secondary N) is 1. The van der Waals surface area contributed by atoms with Crippen LogP contribution in [0.4, 0.5) is 0 Å². The van der Waals surface area contributed by atoms with Gasteiger partial charge in [-0.25, -0.2) is 0 Å². The van der Waals surface area contributed by atoms with Crippen molar-refractivity contribution in [2.24, 2.45) is 5.41 Å². The average Bonchev–Trinajstić information content (AvgIpc) is 3.49. The molecule has 8 nitrogen and oxygen atoms in total. The lowest BCUT2D eigenvalue weighted by Crippen LogP contribution is -2.47. The number of carbonyl (C=O) groups is 2. The fourth-order valence-corrected chi connectivity index (χ4v) is 5.11. The molecule has 154 valence electrons. The summed E-state index contributed by atoms with van der Waals surface area (Å²) < 4.78 is 7.29. The van der Waals surface area contributed by atoms with Crippen LogP contribution < -0.4 is 5.32 Å². The fourth-order valence-electron chi connectivity index (χ4n) is 5.11. The lowest BCUT2D eigenvalue weighted by atomic mass is 9.73. The first-order valence-electron chi connectivity index (χ1n) is 10.7. The average molecular weight is 397 g/mol. The highest BCUT2D eigenvalue weighted by Gasteiger charge is 2.41. The summed E-state index contributed by atoms with van der Waals surface area (Å²) in [4.78, 5) is 27.2. The second-order valence-corrected chi connectivity index (χ2v) is 8.75. The van der Waals surface area contributed by atoms with E-state index in [0.29, 0.717) is 24.7 Å². The maximum atomic E-state index is 12.8. The van der Waals surface area contributed by atoms with Gasteiger partial charge in [-0.05, 0) is 49.7 Å². The molecule has 1 spiro atoms. The Labute approximate surface area is 169 Å². The number of aryl methyl sites for hydroxylation is 1. The third kappa shape index (κ3) is 3.45. The number of hydrogen-bond donors (Lipinski definition) is 1. The van der Waals surface area contributed by atoms with Crippen molar-refractivity contribution in [3.05, 3.63) is 35.8 Å². The van der Waals surface area contributed by atoms with Gasteiger partial charge in [-0.2, -0.15) is 0 Å². The molecule has 0 bridgehead atoms. The number of likely N-dealkylation sites (tertiary alicyclic amines) is 1. The Morgan fingerprint density at radius 2 is 1.93 bits per heavy atom. The van der Waals surface area contributed by atoms with Gasteiger partial charge in [0.05, 0.1) is 6.26 Å². The molecular formula is C21H27N5O3. The van der Waals surface area contributed by atoms with Crippen LogP contribution >= 0.6 is 0 Å². The first-order valence-corrected chi connectivity index (χ1v) is 10.7. The number of furan rings is 1. The van der Waals surface area contributed by atoms with Crippen molar-refractivity contribution < 1.29 is 14.0 Å². The number of amides is 2. The molecule has 2 fully saturated rings.